The van der Waals surface area contributed by atoms with E-state index < -0.39 is 5.82 Å². The molecule has 3 atom stereocenters. The van der Waals surface area contributed by atoms with Gasteiger partial charge in [-0.1, -0.05) is 18.0 Å². The van der Waals surface area contributed by atoms with Crippen LogP contribution in [-0.2, 0) is 4.79 Å². The summed E-state index contributed by atoms with van der Waals surface area (Å²) in [5.41, 5.74) is 0.578. The maximum Gasteiger partial charge on any atom is 0.227 e. The fourth-order valence-corrected chi connectivity index (χ4v) is 3.56. The number of benzene rings is 1. The Morgan fingerprint density at radius 1 is 1.33 bits per heavy atom. The van der Waals surface area contributed by atoms with Gasteiger partial charge in [0.15, 0.2) is 0 Å². The minimum atomic E-state index is -0.463. The van der Waals surface area contributed by atoms with Crippen molar-refractivity contribution in [3.63, 3.8) is 0 Å². The van der Waals surface area contributed by atoms with Gasteiger partial charge in [-0.2, -0.15) is 0 Å². The number of rotatable bonds is 2. The van der Waals surface area contributed by atoms with Crippen molar-refractivity contribution in [1.29, 1.82) is 0 Å². The van der Waals surface area contributed by atoms with Gasteiger partial charge in [0.05, 0.1) is 5.02 Å². The van der Waals surface area contributed by atoms with Crippen molar-refractivity contribution in [2.75, 3.05) is 5.32 Å². The first-order chi connectivity index (χ1) is 8.63. The second kappa shape index (κ2) is 4.54. The van der Waals surface area contributed by atoms with Crippen molar-refractivity contribution >= 4 is 23.2 Å². The number of hydrogen-bond acceptors (Lipinski definition) is 1. The van der Waals surface area contributed by atoms with E-state index in [1.807, 2.05) is 0 Å². The van der Waals surface area contributed by atoms with Crippen LogP contribution in [0, 0.1) is 23.6 Å². The summed E-state index contributed by atoms with van der Waals surface area (Å²) in [5, 5.41) is 2.89. The molecule has 1 aromatic carbocycles. The highest BCUT2D eigenvalue weighted by atomic mass is 35.5. The molecule has 2 fully saturated rings. The molecule has 2 bridgehead atoms. The first-order valence-corrected chi connectivity index (χ1v) is 6.77. The molecule has 0 saturated heterocycles. The van der Waals surface area contributed by atoms with Crippen LogP contribution in [-0.4, -0.2) is 5.91 Å². The number of amides is 1. The van der Waals surface area contributed by atoms with Crippen LogP contribution in [0.3, 0.4) is 0 Å². The molecular formula is C14H15ClFNO. The van der Waals surface area contributed by atoms with E-state index in [1.165, 1.54) is 31.4 Å². The molecule has 3 rings (SSSR count). The minimum absolute atomic E-state index is 0.0424. The van der Waals surface area contributed by atoms with Crippen LogP contribution in [0.1, 0.15) is 25.7 Å². The fraction of sp³-hybridized carbons (Fsp3) is 0.500. The molecule has 0 aromatic heterocycles. The summed E-state index contributed by atoms with van der Waals surface area (Å²) < 4.78 is 13.0. The molecule has 2 aliphatic rings. The van der Waals surface area contributed by atoms with Crippen LogP contribution in [0.2, 0.25) is 5.02 Å². The van der Waals surface area contributed by atoms with E-state index in [9.17, 15) is 9.18 Å². The van der Waals surface area contributed by atoms with Crippen LogP contribution in [0.15, 0.2) is 18.2 Å². The van der Waals surface area contributed by atoms with Gasteiger partial charge in [0.25, 0.3) is 0 Å². The van der Waals surface area contributed by atoms with Crippen LogP contribution >= 0.6 is 11.6 Å². The van der Waals surface area contributed by atoms with Crippen LogP contribution in [0.5, 0.6) is 0 Å². The molecule has 96 valence electrons. The Morgan fingerprint density at radius 3 is 2.78 bits per heavy atom. The number of fused-ring (bicyclic) bond motifs is 2. The highest BCUT2D eigenvalue weighted by Gasteiger charge is 2.42. The van der Waals surface area contributed by atoms with Gasteiger partial charge in [-0.25, -0.2) is 4.39 Å². The van der Waals surface area contributed by atoms with Gasteiger partial charge < -0.3 is 5.32 Å². The zero-order valence-electron chi connectivity index (χ0n) is 9.96. The van der Waals surface area contributed by atoms with E-state index in [2.05, 4.69) is 5.32 Å². The molecule has 0 heterocycles. The smallest absolute Gasteiger partial charge is 0.227 e. The topological polar surface area (TPSA) is 29.1 Å². The number of carbonyl (C=O) groups is 1. The van der Waals surface area contributed by atoms with Crippen molar-refractivity contribution in [2.45, 2.75) is 25.7 Å². The quantitative estimate of drug-likeness (QED) is 0.866. The lowest BCUT2D eigenvalue weighted by Gasteiger charge is -2.20. The van der Waals surface area contributed by atoms with E-state index in [1.54, 1.807) is 6.07 Å². The van der Waals surface area contributed by atoms with Gasteiger partial charge in [-0.15, -0.1) is 0 Å². The number of hydrogen-bond donors (Lipinski definition) is 1. The number of halogens is 2. The SMILES string of the molecule is O=C(Nc1ccc(F)c(Cl)c1)[C@@H]1C[C@H]2CC[C@H]1C2. The fourth-order valence-electron chi connectivity index (χ4n) is 3.37. The Bertz CT molecular complexity index is 491. The maximum atomic E-state index is 13.0. The number of anilines is 1. The third kappa shape index (κ3) is 2.12. The number of carbonyl (C=O) groups excluding carboxylic acids is 1. The molecule has 1 N–H and O–H groups in total. The van der Waals surface area contributed by atoms with Gasteiger partial charge >= 0.3 is 0 Å². The highest BCUT2D eigenvalue weighted by molar-refractivity contribution is 6.31. The third-order valence-electron chi connectivity index (χ3n) is 4.26. The summed E-state index contributed by atoms with van der Waals surface area (Å²) in [7, 11) is 0. The van der Waals surface area contributed by atoms with E-state index in [0.717, 1.165) is 12.3 Å². The Labute approximate surface area is 111 Å². The standard InChI is InChI=1S/C14H15ClFNO/c15-12-7-10(3-4-13(12)16)17-14(18)11-6-8-1-2-9(11)5-8/h3-4,7-9,11H,1-2,5-6H2,(H,17,18)/t8-,9-,11+/m0/s1. The third-order valence-corrected chi connectivity index (χ3v) is 4.55. The van der Waals surface area contributed by atoms with Gasteiger partial charge in [0, 0.05) is 11.6 Å². The summed E-state index contributed by atoms with van der Waals surface area (Å²) in [4.78, 5) is 12.2. The molecule has 0 aliphatic heterocycles. The Kier molecular flexibility index (Phi) is 3.02. The second-order valence-electron chi connectivity index (χ2n) is 5.40. The summed E-state index contributed by atoms with van der Waals surface area (Å²) in [6.07, 6.45) is 4.65. The largest absolute Gasteiger partial charge is 0.326 e. The van der Waals surface area contributed by atoms with Crippen molar-refractivity contribution in [3.05, 3.63) is 29.0 Å². The molecule has 2 saturated carbocycles. The second-order valence-corrected chi connectivity index (χ2v) is 5.81. The predicted octanol–water partition coefficient (Wildman–Crippen LogP) is 3.85. The predicted molar refractivity (Wildman–Crippen MR) is 69.0 cm³/mol. The Hall–Kier alpha value is -1.09. The molecule has 2 aliphatic carbocycles. The van der Waals surface area contributed by atoms with Crippen molar-refractivity contribution < 1.29 is 9.18 Å². The van der Waals surface area contributed by atoms with E-state index >= 15 is 0 Å². The molecule has 0 spiro atoms. The highest BCUT2D eigenvalue weighted by Crippen LogP contribution is 2.48. The zero-order chi connectivity index (χ0) is 12.7. The average molecular weight is 268 g/mol. The van der Waals surface area contributed by atoms with Gasteiger partial charge in [0.2, 0.25) is 5.91 Å². The summed E-state index contributed by atoms with van der Waals surface area (Å²) >= 11 is 5.69. The lowest BCUT2D eigenvalue weighted by atomic mass is 9.88. The Morgan fingerprint density at radius 2 is 2.17 bits per heavy atom. The van der Waals surface area contributed by atoms with Crippen molar-refractivity contribution in [1.82, 2.24) is 0 Å². The minimum Gasteiger partial charge on any atom is -0.326 e. The zero-order valence-corrected chi connectivity index (χ0v) is 10.7. The molecular weight excluding hydrogens is 253 g/mol. The number of nitrogens with one attached hydrogen (secondary N) is 1. The van der Waals surface area contributed by atoms with E-state index in [-0.39, 0.29) is 16.8 Å². The molecule has 1 aromatic rings. The van der Waals surface area contributed by atoms with E-state index in [0.29, 0.717) is 11.6 Å². The monoisotopic (exact) mass is 267 g/mol. The van der Waals surface area contributed by atoms with Gasteiger partial charge in [-0.05, 0) is 49.3 Å². The lowest BCUT2D eigenvalue weighted by molar-refractivity contribution is -0.121. The van der Waals surface area contributed by atoms with Crippen LogP contribution < -0.4 is 5.32 Å². The normalized spacial score (nSPS) is 29.6. The van der Waals surface area contributed by atoms with Crippen molar-refractivity contribution in [2.24, 2.45) is 17.8 Å². The first-order valence-electron chi connectivity index (χ1n) is 6.39. The molecule has 4 heteroatoms. The van der Waals surface area contributed by atoms with Crippen LogP contribution in [0.4, 0.5) is 10.1 Å². The van der Waals surface area contributed by atoms with E-state index in [4.69, 9.17) is 11.6 Å². The maximum absolute atomic E-state index is 13.0. The molecule has 18 heavy (non-hydrogen) atoms. The molecule has 0 unspecified atom stereocenters. The summed E-state index contributed by atoms with van der Waals surface area (Å²) in [5.74, 6) is 1.01. The average Bonchev–Trinajstić information content (AvgIpc) is 2.96. The molecule has 0 radical (unpaired) electrons. The first kappa shape index (κ1) is 12.0. The summed E-state index contributed by atoms with van der Waals surface area (Å²) in [6, 6.07) is 4.28. The van der Waals surface area contributed by atoms with Gasteiger partial charge in [0.1, 0.15) is 5.82 Å². The van der Waals surface area contributed by atoms with Crippen molar-refractivity contribution in [3.8, 4) is 0 Å². The molecule has 2 nitrogen and oxygen atoms in total. The molecule has 1 amide bonds. The summed E-state index contributed by atoms with van der Waals surface area (Å²) in [6.45, 7) is 0. The Balaban J connectivity index is 1.69. The van der Waals surface area contributed by atoms with Gasteiger partial charge in [-0.3, -0.25) is 4.79 Å². The van der Waals surface area contributed by atoms with Crippen LogP contribution in [0.25, 0.3) is 0 Å². The lowest BCUT2D eigenvalue weighted by Crippen LogP contribution is -2.27.